The van der Waals surface area contributed by atoms with Gasteiger partial charge in [0.25, 0.3) is 0 Å². The van der Waals surface area contributed by atoms with Crippen LogP contribution in [0.4, 0.5) is 11.4 Å². The summed E-state index contributed by atoms with van der Waals surface area (Å²) in [5.74, 6) is 0.146. The fourth-order valence-electron chi connectivity index (χ4n) is 4.51. The first-order chi connectivity index (χ1) is 16.2. The van der Waals surface area contributed by atoms with Crippen molar-refractivity contribution >= 4 is 33.2 Å². The van der Waals surface area contributed by atoms with Gasteiger partial charge in [0.1, 0.15) is 18.3 Å². The van der Waals surface area contributed by atoms with Crippen molar-refractivity contribution in [3.05, 3.63) is 48.0 Å². The van der Waals surface area contributed by atoms with E-state index in [9.17, 15) is 18.0 Å². The average molecular weight is 487 g/mol. The van der Waals surface area contributed by atoms with E-state index in [4.69, 9.17) is 4.74 Å². The molecule has 4 rings (SSSR count). The Labute approximate surface area is 200 Å². The minimum absolute atomic E-state index is 0.0824. The molecule has 2 aliphatic heterocycles. The molecule has 0 saturated carbocycles. The molecule has 1 saturated heterocycles. The lowest BCUT2D eigenvalue weighted by Crippen LogP contribution is -2.57. The number of methoxy groups -OCH3 is 1. The van der Waals surface area contributed by atoms with E-state index in [1.54, 1.807) is 19.2 Å². The highest BCUT2D eigenvalue weighted by Crippen LogP contribution is 2.40. The summed E-state index contributed by atoms with van der Waals surface area (Å²) in [5, 5.41) is 2.85. The molecule has 0 aromatic heterocycles. The van der Waals surface area contributed by atoms with Crippen LogP contribution < -0.4 is 19.9 Å². The molecule has 2 heterocycles. The molecule has 182 valence electrons. The van der Waals surface area contributed by atoms with Crippen LogP contribution in [-0.2, 0) is 26.2 Å². The Morgan fingerprint density at radius 2 is 1.91 bits per heavy atom. The molecule has 0 spiro atoms. The van der Waals surface area contributed by atoms with Gasteiger partial charge < -0.3 is 15.0 Å². The summed E-state index contributed by atoms with van der Waals surface area (Å²) in [4.78, 5) is 29.9. The lowest BCUT2D eigenvalue weighted by molar-refractivity contribution is -0.125. The highest BCUT2D eigenvalue weighted by molar-refractivity contribution is 7.89. The van der Waals surface area contributed by atoms with Crippen molar-refractivity contribution in [3.63, 3.8) is 0 Å². The summed E-state index contributed by atoms with van der Waals surface area (Å²) in [6, 6.07) is 11.9. The number of fused-ring (bicyclic) bond motifs is 3. The van der Waals surface area contributed by atoms with E-state index < -0.39 is 10.0 Å². The highest BCUT2D eigenvalue weighted by atomic mass is 32.2. The van der Waals surface area contributed by atoms with Gasteiger partial charge in [-0.05, 0) is 43.5 Å². The molecule has 1 unspecified atom stereocenters. The normalized spacial score (nSPS) is 17.9. The standard InChI is InChI=1S/C24H30N4O5S/c1-26(2)34(31,32)18-11-12-19-21(14-18)28(24(30)20-9-6-7-13-27(19)20)16-23(29)25-15-17-8-4-5-10-22(17)33-3/h4-5,8,10-12,14,20H,6-7,9,13,15-16H2,1-3H3,(H,25,29). The van der Waals surface area contributed by atoms with E-state index in [1.807, 2.05) is 29.2 Å². The van der Waals surface area contributed by atoms with Crippen LogP contribution in [0.1, 0.15) is 24.8 Å². The molecule has 2 aromatic carbocycles. The van der Waals surface area contributed by atoms with Crippen LogP contribution in [0.15, 0.2) is 47.4 Å². The van der Waals surface area contributed by atoms with Crippen molar-refractivity contribution in [2.75, 3.05) is 44.1 Å². The largest absolute Gasteiger partial charge is 0.496 e. The second-order valence-corrected chi connectivity index (χ2v) is 10.8. The Balaban J connectivity index is 1.63. The topological polar surface area (TPSA) is 99.3 Å². The van der Waals surface area contributed by atoms with Gasteiger partial charge in [-0.2, -0.15) is 0 Å². The minimum atomic E-state index is -3.70. The number of ether oxygens (including phenoxy) is 1. The SMILES string of the molecule is COc1ccccc1CNC(=O)CN1C(=O)C2CCCCN2c2ccc(S(=O)(=O)N(C)C)cc21. The van der Waals surface area contributed by atoms with Gasteiger partial charge in [-0.3, -0.25) is 14.5 Å². The van der Waals surface area contributed by atoms with Crippen molar-refractivity contribution in [1.82, 2.24) is 9.62 Å². The Morgan fingerprint density at radius 1 is 1.15 bits per heavy atom. The first kappa shape index (κ1) is 24.0. The van der Waals surface area contributed by atoms with Gasteiger partial charge in [-0.1, -0.05) is 18.2 Å². The van der Waals surface area contributed by atoms with Crippen molar-refractivity contribution in [2.24, 2.45) is 0 Å². The van der Waals surface area contributed by atoms with Crippen LogP contribution in [0.2, 0.25) is 0 Å². The van der Waals surface area contributed by atoms with Crippen LogP contribution >= 0.6 is 0 Å². The molecule has 2 aromatic rings. The molecule has 2 aliphatic rings. The van der Waals surface area contributed by atoms with E-state index in [0.717, 1.165) is 34.9 Å². The summed E-state index contributed by atoms with van der Waals surface area (Å²) in [6.07, 6.45) is 2.60. The molecule has 34 heavy (non-hydrogen) atoms. The van der Waals surface area contributed by atoms with E-state index in [0.29, 0.717) is 17.9 Å². The Morgan fingerprint density at radius 3 is 2.65 bits per heavy atom. The van der Waals surface area contributed by atoms with Gasteiger partial charge in [-0.25, -0.2) is 12.7 Å². The van der Waals surface area contributed by atoms with Gasteiger partial charge in [-0.15, -0.1) is 0 Å². The van der Waals surface area contributed by atoms with E-state index in [-0.39, 0.29) is 35.8 Å². The predicted octanol–water partition coefficient (Wildman–Crippen LogP) is 1.97. The Hall–Kier alpha value is -3.11. The van der Waals surface area contributed by atoms with Crippen molar-refractivity contribution in [2.45, 2.75) is 36.7 Å². The summed E-state index contributed by atoms with van der Waals surface area (Å²) in [5.41, 5.74) is 2.04. The van der Waals surface area contributed by atoms with Gasteiger partial charge in [0.15, 0.2) is 0 Å². The quantitative estimate of drug-likeness (QED) is 0.643. The maximum Gasteiger partial charge on any atom is 0.250 e. The van der Waals surface area contributed by atoms with Gasteiger partial charge >= 0.3 is 0 Å². The second-order valence-electron chi connectivity index (χ2n) is 8.66. The molecule has 10 heteroatoms. The Bertz CT molecular complexity index is 1200. The number of carbonyl (C=O) groups excluding carboxylic acids is 2. The minimum Gasteiger partial charge on any atom is -0.496 e. The summed E-state index contributed by atoms with van der Waals surface area (Å²) in [6.45, 7) is 0.774. The molecule has 1 fully saturated rings. The zero-order valence-electron chi connectivity index (χ0n) is 19.7. The fraction of sp³-hybridized carbons (Fsp3) is 0.417. The number of sulfonamides is 1. The van der Waals surface area contributed by atoms with Crippen LogP contribution in [0.3, 0.4) is 0 Å². The number of rotatable bonds is 7. The second kappa shape index (κ2) is 9.63. The van der Waals surface area contributed by atoms with Crippen LogP contribution in [-0.4, -0.2) is 64.9 Å². The van der Waals surface area contributed by atoms with Crippen LogP contribution in [0, 0.1) is 0 Å². The molecule has 1 atom stereocenters. The zero-order chi connectivity index (χ0) is 24.5. The number of hydrogen-bond donors (Lipinski definition) is 1. The lowest BCUT2D eigenvalue weighted by atomic mass is 9.96. The Kier molecular flexibility index (Phi) is 6.81. The molecule has 0 bridgehead atoms. The summed E-state index contributed by atoms with van der Waals surface area (Å²) < 4.78 is 32.0. The van der Waals surface area contributed by atoms with Gasteiger partial charge in [0, 0.05) is 32.7 Å². The number of nitrogens with zero attached hydrogens (tertiary/aromatic N) is 3. The molecular weight excluding hydrogens is 456 g/mol. The number of benzene rings is 2. The lowest BCUT2D eigenvalue weighted by Gasteiger charge is -2.45. The van der Waals surface area contributed by atoms with E-state index in [2.05, 4.69) is 5.32 Å². The molecule has 0 aliphatic carbocycles. The maximum absolute atomic E-state index is 13.5. The number of piperidine rings is 1. The van der Waals surface area contributed by atoms with E-state index >= 15 is 0 Å². The molecule has 0 radical (unpaired) electrons. The number of anilines is 2. The number of nitrogens with one attached hydrogen (secondary N) is 1. The fourth-order valence-corrected chi connectivity index (χ4v) is 5.44. The predicted molar refractivity (Wildman–Crippen MR) is 129 cm³/mol. The number of hydrogen-bond acceptors (Lipinski definition) is 6. The smallest absolute Gasteiger partial charge is 0.250 e. The number of carbonyl (C=O) groups is 2. The first-order valence-corrected chi connectivity index (χ1v) is 12.7. The third kappa shape index (κ3) is 4.47. The third-order valence-electron chi connectivity index (χ3n) is 6.35. The molecular formula is C24H30N4O5S. The molecule has 2 amide bonds. The van der Waals surface area contributed by atoms with E-state index in [1.165, 1.54) is 25.1 Å². The number of para-hydroxylation sites is 1. The first-order valence-electron chi connectivity index (χ1n) is 11.3. The number of amides is 2. The zero-order valence-corrected chi connectivity index (χ0v) is 20.5. The monoisotopic (exact) mass is 486 g/mol. The van der Waals surface area contributed by atoms with Gasteiger partial charge in [0.05, 0.1) is 23.4 Å². The third-order valence-corrected chi connectivity index (χ3v) is 8.16. The average Bonchev–Trinajstić information content (AvgIpc) is 2.85. The molecule has 9 nitrogen and oxygen atoms in total. The van der Waals surface area contributed by atoms with Gasteiger partial charge in [0.2, 0.25) is 21.8 Å². The van der Waals surface area contributed by atoms with Crippen molar-refractivity contribution in [3.8, 4) is 5.75 Å². The van der Waals surface area contributed by atoms with Crippen molar-refractivity contribution in [1.29, 1.82) is 0 Å². The summed E-state index contributed by atoms with van der Waals surface area (Å²) in [7, 11) is 0.792. The van der Waals surface area contributed by atoms with Crippen LogP contribution in [0.25, 0.3) is 0 Å². The highest BCUT2D eigenvalue weighted by Gasteiger charge is 2.40. The molecule has 1 N–H and O–H groups in total. The maximum atomic E-state index is 13.5. The van der Waals surface area contributed by atoms with Crippen molar-refractivity contribution < 1.29 is 22.7 Å². The van der Waals surface area contributed by atoms with Crippen LogP contribution in [0.5, 0.6) is 5.75 Å². The summed E-state index contributed by atoms with van der Waals surface area (Å²) >= 11 is 0.